The van der Waals surface area contributed by atoms with Crippen LogP contribution in [0.5, 0.6) is 0 Å². The molecule has 0 bridgehead atoms. The van der Waals surface area contributed by atoms with Gasteiger partial charge < -0.3 is 10.8 Å². The van der Waals surface area contributed by atoms with Gasteiger partial charge in [0, 0.05) is 6.54 Å². The van der Waals surface area contributed by atoms with Crippen LogP contribution in [-0.2, 0) is 0 Å². The first kappa shape index (κ1) is 11.6. The molecule has 1 saturated carbocycles. The summed E-state index contributed by atoms with van der Waals surface area (Å²) in [6, 6.07) is 6.91. The average molecular weight is 223 g/mol. The molecular weight excluding hydrogens is 205 g/mol. The highest BCUT2D eigenvalue weighted by Gasteiger charge is 2.33. The summed E-state index contributed by atoms with van der Waals surface area (Å²) in [4.78, 5) is 0. The summed E-state index contributed by atoms with van der Waals surface area (Å²) in [5.41, 5.74) is 5.59. The summed E-state index contributed by atoms with van der Waals surface area (Å²) in [5.74, 6) is 0.0960. The Kier molecular flexibility index (Phi) is 3.26. The molecule has 0 amide bonds. The minimum Gasteiger partial charge on any atom is -0.389 e. The number of benzene rings is 1. The molecule has 1 fully saturated rings. The molecule has 0 radical (unpaired) electrons. The van der Waals surface area contributed by atoms with Crippen molar-refractivity contribution in [2.24, 2.45) is 5.73 Å². The molecule has 0 aromatic heterocycles. The second-order valence-corrected chi connectivity index (χ2v) is 4.72. The lowest BCUT2D eigenvalue weighted by Gasteiger charge is -2.35. The van der Waals surface area contributed by atoms with E-state index in [-0.39, 0.29) is 11.7 Å². The van der Waals surface area contributed by atoms with Gasteiger partial charge in [-0.15, -0.1) is 0 Å². The van der Waals surface area contributed by atoms with Crippen molar-refractivity contribution in [3.63, 3.8) is 0 Å². The van der Waals surface area contributed by atoms with Gasteiger partial charge in [-0.3, -0.25) is 0 Å². The molecule has 0 spiro atoms. The van der Waals surface area contributed by atoms with Crippen LogP contribution >= 0.6 is 0 Å². The minimum atomic E-state index is -0.720. The minimum absolute atomic E-state index is 0.134. The first-order valence-corrected chi connectivity index (χ1v) is 5.81. The first-order chi connectivity index (χ1) is 7.64. The highest BCUT2D eigenvalue weighted by Crippen LogP contribution is 2.38. The summed E-state index contributed by atoms with van der Waals surface area (Å²) in [5, 5.41) is 10.00. The van der Waals surface area contributed by atoms with Gasteiger partial charge in [0.1, 0.15) is 5.82 Å². The average Bonchev–Trinajstić information content (AvgIpc) is 2.31. The molecule has 3 heteroatoms. The van der Waals surface area contributed by atoms with Gasteiger partial charge in [-0.25, -0.2) is 4.39 Å². The van der Waals surface area contributed by atoms with Crippen LogP contribution in [-0.4, -0.2) is 17.3 Å². The van der Waals surface area contributed by atoms with Crippen molar-refractivity contribution in [2.45, 2.75) is 37.2 Å². The molecule has 1 aliphatic carbocycles. The van der Waals surface area contributed by atoms with Gasteiger partial charge in [0.2, 0.25) is 0 Å². The summed E-state index contributed by atoms with van der Waals surface area (Å²) in [7, 11) is 0. The maximum atomic E-state index is 13.6. The van der Waals surface area contributed by atoms with Crippen LogP contribution in [0.4, 0.5) is 4.39 Å². The van der Waals surface area contributed by atoms with Crippen molar-refractivity contribution in [1.82, 2.24) is 0 Å². The number of nitrogens with two attached hydrogens (primary N) is 1. The van der Waals surface area contributed by atoms with E-state index in [9.17, 15) is 9.50 Å². The van der Waals surface area contributed by atoms with Crippen LogP contribution in [0.2, 0.25) is 0 Å². The molecule has 16 heavy (non-hydrogen) atoms. The predicted molar refractivity (Wildman–Crippen MR) is 61.6 cm³/mol. The zero-order valence-corrected chi connectivity index (χ0v) is 9.32. The van der Waals surface area contributed by atoms with E-state index >= 15 is 0 Å². The van der Waals surface area contributed by atoms with E-state index < -0.39 is 5.60 Å². The molecule has 3 N–H and O–H groups in total. The topological polar surface area (TPSA) is 46.2 Å². The van der Waals surface area contributed by atoms with E-state index in [1.54, 1.807) is 6.07 Å². The van der Waals surface area contributed by atoms with Crippen molar-refractivity contribution >= 4 is 0 Å². The third-order valence-electron chi connectivity index (χ3n) is 3.64. The molecule has 1 aromatic carbocycles. The van der Waals surface area contributed by atoms with E-state index in [2.05, 4.69) is 0 Å². The van der Waals surface area contributed by atoms with Gasteiger partial charge in [0.25, 0.3) is 0 Å². The largest absolute Gasteiger partial charge is 0.389 e. The molecule has 1 aromatic rings. The van der Waals surface area contributed by atoms with Crippen LogP contribution in [0, 0.1) is 5.82 Å². The Bertz CT molecular complexity index is 359. The Labute approximate surface area is 95.3 Å². The Balaban J connectivity index is 2.07. The molecule has 0 unspecified atom stereocenters. The van der Waals surface area contributed by atoms with Crippen LogP contribution < -0.4 is 5.73 Å². The highest BCUT2D eigenvalue weighted by molar-refractivity contribution is 5.22. The number of rotatable bonds is 2. The van der Waals surface area contributed by atoms with E-state index in [0.717, 1.165) is 18.4 Å². The smallest absolute Gasteiger partial charge is 0.126 e. The first-order valence-electron chi connectivity index (χ1n) is 5.81. The lowest BCUT2D eigenvalue weighted by atomic mass is 9.76. The molecule has 1 aliphatic rings. The maximum Gasteiger partial charge on any atom is 0.126 e. The number of hydrogen-bond acceptors (Lipinski definition) is 2. The fraction of sp³-hybridized carbons (Fsp3) is 0.538. The standard InChI is InChI=1S/C13H18FNO/c14-12-4-2-1-3-11(12)10-5-7-13(16,9-15)8-6-10/h1-4,10,16H,5-9,15H2. The van der Waals surface area contributed by atoms with Gasteiger partial charge in [-0.1, -0.05) is 18.2 Å². The van der Waals surface area contributed by atoms with Gasteiger partial charge in [0.05, 0.1) is 5.60 Å². The van der Waals surface area contributed by atoms with Crippen molar-refractivity contribution in [1.29, 1.82) is 0 Å². The van der Waals surface area contributed by atoms with Crippen LogP contribution in [0.3, 0.4) is 0 Å². The quantitative estimate of drug-likeness (QED) is 0.807. The van der Waals surface area contributed by atoms with E-state index in [4.69, 9.17) is 5.73 Å². The Morgan fingerprint density at radius 2 is 1.94 bits per heavy atom. The number of halogens is 1. The number of hydrogen-bond donors (Lipinski definition) is 2. The fourth-order valence-electron chi connectivity index (χ4n) is 2.48. The summed E-state index contributed by atoms with van der Waals surface area (Å²) < 4.78 is 13.6. The van der Waals surface area contributed by atoms with E-state index in [0.29, 0.717) is 19.4 Å². The van der Waals surface area contributed by atoms with Crippen LogP contribution in [0.15, 0.2) is 24.3 Å². The highest BCUT2D eigenvalue weighted by atomic mass is 19.1. The SMILES string of the molecule is NCC1(O)CCC(c2ccccc2F)CC1. The van der Waals surface area contributed by atoms with Gasteiger partial charge in [-0.2, -0.15) is 0 Å². The lowest BCUT2D eigenvalue weighted by molar-refractivity contribution is 0.00738. The van der Waals surface area contributed by atoms with Crippen molar-refractivity contribution in [3.05, 3.63) is 35.6 Å². The third-order valence-corrected chi connectivity index (χ3v) is 3.64. The zero-order chi connectivity index (χ0) is 11.6. The Morgan fingerprint density at radius 1 is 1.31 bits per heavy atom. The molecule has 2 nitrogen and oxygen atoms in total. The molecule has 0 atom stereocenters. The van der Waals surface area contributed by atoms with Crippen molar-refractivity contribution < 1.29 is 9.50 Å². The molecular formula is C13H18FNO. The lowest BCUT2D eigenvalue weighted by Crippen LogP contribution is -2.40. The van der Waals surface area contributed by atoms with Crippen molar-refractivity contribution in [3.8, 4) is 0 Å². The molecule has 2 rings (SSSR count). The van der Waals surface area contributed by atoms with Crippen LogP contribution in [0.1, 0.15) is 37.2 Å². The van der Waals surface area contributed by atoms with Crippen molar-refractivity contribution in [2.75, 3.05) is 6.54 Å². The summed E-state index contributed by atoms with van der Waals surface area (Å²) >= 11 is 0. The second kappa shape index (κ2) is 4.52. The predicted octanol–water partition coefficient (Wildman–Crippen LogP) is 2.17. The number of aliphatic hydroxyl groups is 1. The molecule has 0 heterocycles. The van der Waals surface area contributed by atoms with Gasteiger partial charge in [-0.05, 0) is 43.2 Å². The third kappa shape index (κ3) is 2.25. The normalized spacial score (nSPS) is 30.3. The fourth-order valence-corrected chi connectivity index (χ4v) is 2.48. The molecule has 88 valence electrons. The Hall–Kier alpha value is -0.930. The van der Waals surface area contributed by atoms with E-state index in [1.165, 1.54) is 6.07 Å². The molecule has 0 aliphatic heterocycles. The maximum absolute atomic E-state index is 13.6. The summed E-state index contributed by atoms with van der Waals surface area (Å²) in [6.45, 7) is 0.303. The monoisotopic (exact) mass is 223 g/mol. The summed E-state index contributed by atoms with van der Waals surface area (Å²) in [6.07, 6.45) is 2.97. The van der Waals surface area contributed by atoms with Gasteiger partial charge in [0.15, 0.2) is 0 Å². The second-order valence-electron chi connectivity index (χ2n) is 4.72. The van der Waals surface area contributed by atoms with Gasteiger partial charge >= 0.3 is 0 Å². The van der Waals surface area contributed by atoms with E-state index in [1.807, 2.05) is 12.1 Å². The molecule has 0 saturated heterocycles. The zero-order valence-electron chi connectivity index (χ0n) is 9.32. The Morgan fingerprint density at radius 3 is 2.50 bits per heavy atom. The van der Waals surface area contributed by atoms with Crippen LogP contribution in [0.25, 0.3) is 0 Å².